The van der Waals surface area contributed by atoms with Crippen LogP contribution in [0.2, 0.25) is 5.02 Å². The average molecular weight is 833 g/mol. The highest BCUT2D eigenvalue weighted by atomic mass is 79.9. The van der Waals surface area contributed by atoms with Crippen molar-refractivity contribution < 1.29 is 0 Å². The number of hydrogen-bond donors (Lipinski definition) is 4. The molecule has 56 heavy (non-hydrogen) atoms. The van der Waals surface area contributed by atoms with Gasteiger partial charge in [-0.3, -0.25) is 4.98 Å². The Bertz CT molecular complexity index is 2220. The van der Waals surface area contributed by atoms with Crippen LogP contribution in [0.3, 0.4) is 0 Å². The van der Waals surface area contributed by atoms with Gasteiger partial charge in [-0.1, -0.05) is 109 Å². The molecule has 7 nitrogen and oxygen atoms in total. The summed E-state index contributed by atoms with van der Waals surface area (Å²) in [6.45, 7) is 8.33. The maximum atomic E-state index is 7.62. The molecule has 0 amide bonds. The molecule has 4 atom stereocenters. The molecule has 0 saturated heterocycles. The van der Waals surface area contributed by atoms with Crippen molar-refractivity contribution in [3.05, 3.63) is 123 Å². The van der Waals surface area contributed by atoms with Crippen molar-refractivity contribution in [1.29, 1.82) is 0 Å². The largest absolute Gasteiger partial charge is 0.324 e. The summed E-state index contributed by atoms with van der Waals surface area (Å²) in [7, 11) is 0. The molecule has 1 aliphatic rings. The molecule has 4 unspecified atom stereocenters. The molecule has 0 spiro atoms. The SMILES string of the molecule is CCNC(C)CCC(NCC)(c1nc(C=Cc2ccc(Br)cc2)nc2cc(Cl)ccc12)C(CC(N)c1c2ccccc2cc2ncccc12)NC1CCCCC1. The summed E-state index contributed by atoms with van der Waals surface area (Å²) in [6, 6.07) is 29.6. The summed E-state index contributed by atoms with van der Waals surface area (Å²) in [5.74, 6) is 0.645. The fourth-order valence-corrected chi connectivity index (χ4v) is 9.33. The van der Waals surface area contributed by atoms with E-state index >= 15 is 0 Å². The second-order valence-electron chi connectivity index (χ2n) is 15.5. The predicted octanol–water partition coefficient (Wildman–Crippen LogP) is 10.9. The highest BCUT2D eigenvalue weighted by molar-refractivity contribution is 9.10. The first-order chi connectivity index (χ1) is 27.3. The van der Waals surface area contributed by atoms with Crippen LogP contribution < -0.4 is 21.7 Å². The number of rotatable bonds is 16. The van der Waals surface area contributed by atoms with E-state index in [0.717, 1.165) is 87.3 Å². The highest BCUT2D eigenvalue weighted by Crippen LogP contribution is 2.41. The minimum absolute atomic E-state index is 0.0860. The van der Waals surface area contributed by atoms with Gasteiger partial charge in [0.25, 0.3) is 0 Å². The van der Waals surface area contributed by atoms with Crippen molar-refractivity contribution >= 4 is 72.3 Å². The lowest BCUT2D eigenvalue weighted by molar-refractivity contribution is 0.165. The van der Waals surface area contributed by atoms with Crippen LogP contribution in [0.5, 0.6) is 0 Å². The first kappa shape index (κ1) is 40.4. The first-order valence-corrected chi connectivity index (χ1v) is 21.6. The summed E-state index contributed by atoms with van der Waals surface area (Å²) in [4.78, 5) is 15.5. The van der Waals surface area contributed by atoms with Crippen LogP contribution in [0.1, 0.15) is 101 Å². The van der Waals surface area contributed by atoms with Gasteiger partial charge in [0.2, 0.25) is 0 Å². The molecular weight excluding hydrogens is 778 g/mol. The summed E-state index contributed by atoms with van der Waals surface area (Å²) >= 11 is 10.3. The fourth-order valence-electron chi connectivity index (χ4n) is 8.90. The summed E-state index contributed by atoms with van der Waals surface area (Å²) in [6.07, 6.45) is 14.4. The van der Waals surface area contributed by atoms with Gasteiger partial charge in [0.1, 0.15) is 0 Å². The minimum atomic E-state index is -0.624. The van der Waals surface area contributed by atoms with Crippen LogP contribution in [0.4, 0.5) is 0 Å². The summed E-state index contributed by atoms with van der Waals surface area (Å²) in [5.41, 5.74) is 12.0. The number of nitrogens with one attached hydrogen (secondary N) is 3. The van der Waals surface area contributed by atoms with E-state index in [1.165, 1.54) is 24.6 Å². The molecule has 1 fully saturated rings. The van der Waals surface area contributed by atoms with Gasteiger partial charge in [-0.25, -0.2) is 9.97 Å². The standard InChI is InChI=1S/C47H55BrClN7/c1-4-51-31(3)25-26-47(53-5-2,46-39-23-22-35(49)29-42(39)55-44(56-46)24-19-32-17-20-34(48)21-18-32)43(54-36-13-7-6-8-14-36)30-40(50)45-37-15-10-9-12-33(37)28-41-38(45)16-11-27-52-41/h9-12,15-24,27-29,31,36,40,43,51,53-54H,4-8,13-14,25-26,30,50H2,1-3H3. The van der Waals surface area contributed by atoms with Gasteiger partial charge in [0.05, 0.1) is 22.3 Å². The number of halogens is 2. The van der Waals surface area contributed by atoms with Gasteiger partial charge in [-0.05, 0) is 123 Å². The van der Waals surface area contributed by atoms with Crippen molar-refractivity contribution in [3.8, 4) is 0 Å². The maximum Gasteiger partial charge on any atom is 0.152 e. The van der Waals surface area contributed by atoms with Crippen molar-refractivity contribution in [1.82, 2.24) is 30.9 Å². The third-order valence-electron chi connectivity index (χ3n) is 11.6. The Kier molecular flexibility index (Phi) is 13.5. The van der Waals surface area contributed by atoms with E-state index in [4.69, 9.17) is 32.3 Å². The maximum absolute atomic E-state index is 7.62. The Morgan fingerprint density at radius 2 is 1.66 bits per heavy atom. The molecule has 7 rings (SSSR count). The van der Waals surface area contributed by atoms with Gasteiger partial charge >= 0.3 is 0 Å². The molecule has 292 valence electrons. The zero-order valence-corrected chi connectivity index (χ0v) is 35.2. The number of pyridine rings is 1. The van der Waals surface area contributed by atoms with Crippen LogP contribution in [-0.2, 0) is 5.54 Å². The quantitative estimate of drug-likeness (QED) is 0.0721. The number of benzene rings is 4. The summed E-state index contributed by atoms with van der Waals surface area (Å²) in [5, 5.41) is 17.2. The zero-order valence-electron chi connectivity index (χ0n) is 32.9. The lowest BCUT2D eigenvalue weighted by Crippen LogP contribution is -2.61. The van der Waals surface area contributed by atoms with E-state index in [1.807, 2.05) is 42.6 Å². The zero-order chi connectivity index (χ0) is 39.1. The predicted molar refractivity (Wildman–Crippen MR) is 240 cm³/mol. The van der Waals surface area contributed by atoms with Gasteiger partial charge in [0.15, 0.2) is 5.82 Å². The Hall–Kier alpha value is -3.76. The fraction of sp³-hybridized carbons (Fsp3) is 0.383. The topological polar surface area (TPSA) is 101 Å². The van der Waals surface area contributed by atoms with Crippen LogP contribution in [0, 0.1) is 0 Å². The molecule has 1 saturated carbocycles. The van der Waals surface area contributed by atoms with E-state index < -0.39 is 5.54 Å². The average Bonchev–Trinajstić information content (AvgIpc) is 3.21. The highest BCUT2D eigenvalue weighted by Gasteiger charge is 2.44. The first-order valence-electron chi connectivity index (χ1n) is 20.5. The lowest BCUT2D eigenvalue weighted by atomic mass is 9.75. The Balaban J connectivity index is 1.43. The molecule has 0 aliphatic heterocycles. The second-order valence-corrected chi connectivity index (χ2v) is 16.8. The molecule has 5 N–H and O–H groups in total. The second kappa shape index (κ2) is 18.7. The molecule has 4 aromatic carbocycles. The molecule has 0 radical (unpaired) electrons. The molecule has 2 heterocycles. The van der Waals surface area contributed by atoms with Crippen molar-refractivity contribution in [3.63, 3.8) is 0 Å². The van der Waals surface area contributed by atoms with Gasteiger partial charge in [-0.2, -0.15) is 0 Å². The Morgan fingerprint density at radius 3 is 2.45 bits per heavy atom. The normalized spacial score (nSPS) is 16.8. The number of nitrogens with zero attached hydrogens (tertiary/aromatic N) is 3. The molecule has 0 bridgehead atoms. The van der Waals surface area contributed by atoms with Crippen LogP contribution in [0.25, 0.3) is 44.7 Å². The lowest BCUT2D eigenvalue weighted by Gasteiger charge is -2.46. The molecule has 9 heteroatoms. The van der Waals surface area contributed by atoms with Gasteiger partial charge < -0.3 is 21.7 Å². The van der Waals surface area contributed by atoms with E-state index in [0.29, 0.717) is 29.4 Å². The van der Waals surface area contributed by atoms with Gasteiger partial charge in [-0.15, -0.1) is 0 Å². The van der Waals surface area contributed by atoms with Crippen LogP contribution >= 0.6 is 27.5 Å². The number of nitrogens with two attached hydrogens (primary N) is 1. The summed E-state index contributed by atoms with van der Waals surface area (Å²) < 4.78 is 1.04. The Morgan fingerprint density at radius 1 is 0.875 bits per heavy atom. The van der Waals surface area contributed by atoms with E-state index in [-0.39, 0.29) is 12.1 Å². The van der Waals surface area contributed by atoms with Crippen molar-refractivity contribution in [2.75, 3.05) is 13.1 Å². The van der Waals surface area contributed by atoms with Gasteiger partial charge in [0, 0.05) is 50.6 Å². The van der Waals surface area contributed by atoms with Crippen molar-refractivity contribution in [2.24, 2.45) is 5.73 Å². The molecular formula is C47H55BrClN7. The molecule has 6 aromatic rings. The van der Waals surface area contributed by atoms with E-state index in [9.17, 15) is 0 Å². The number of likely N-dealkylation sites (N-methyl/N-ethyl adjacent to an activating group) is 1. The van der Waals surface area contributed by atoms with Crippen LogP contribution in [0.15, 0.2) is 95.6 Å². The van der Waals surface area contributed by atoms with E-state index in [2.05, 4.69) is 113 Å². The van der Waals surface area contributed by atoms with Crippen molar-refractivity contribution in [2.45, 2.75) is 102 Å². The monoisotopic (exact) mass is 831 g/mol. The number of aromatic nitrogens is 3. The molecule has 1 aliphatic carbocycles. The Labute approximate surface area is 345 Å². The number of fused-ring (bicyclic) bond motifs is 3. The van der Waals surface area contributed by atoms with Crippen LogP contribution in [-0.4, -0.2) is 46.2 Å². The molecule has 2 aromatic heterocycles. The third-order valence-corrected chi connectivity index (χ3v) is 12.3. The number of hydrogen-bond acceptors (Lipinski definition) is 7. The smallest absolute Gasteiger partial charge is 0.152 e. The van der Waals surface area contributed by atoms with E-state index in [1.54, 1.807) is 0 Å². The minimum Gasteiger partial charge on any atom is -0.324 e. The third kappa shape index (κ3) is 9.17.